The molecule has 2 N–H and O–H groups in total. The zero-order valence-electron chi connectivity index (χ0n) is 15.1. The van der Waals surface area contributed by atoms with Crippen molar-refractivity contribution in [2.45, 2.75) is 6.92 Å². The van der Waals surface area contributed by atoms with Crippen LogP contribution in [0.2, 0.25) is 10.0 Å². The molecule has 2 aromatic carbocycles. The number of carbonyl (C=O) groups is 3. The molecule has 1 heterocycles. The first-order valence-electron chi connectivity index (χ1n) is 8.48. The zero-order valence-corrected chi connectivity index (χ0v) is 17.5. The predicted octanol–water partition coefficient (Wildman–Crippen LogP) is 4.15. The number of aromatic nitrogens is 1. The summed E-state index contributed by atoms with van der Waals surface area (Å²) >= 11 is 13.0. The van der Waals surface area contributed by atoms with Crippen LogP contribution in [0.15, 0.2) is 36.4 Å². The number of halogens is 2. The molecule has 0 bridgehead atoms. The molecule has 0 saturated heterocycles. The van der Waals surface area contributed by atoms with E-state index in [0.29, 0.717) is 21.2 Å². The third-order valence-corrected chi connectivity index (χ3v) is 5.21. The molecule has 0 atom stereocenters. The maximum Gasteiger partial charge on any atom is 0.338 e. The predicted molar refractivity (Wildman–Crippen MR) is 113 cm³/mol. The first-order valence-corrected chi connectivity index (χ1v) is 10.1. The summed E-state index contributed by atoms with van der Waals surface area (Å²) in [4.78, 5) is 40.4. The molecular formula is C19H15Cl2N3O4S. The summed E-state index contributed by atoms with van der Waals surface area (Å²) in [6.45, 7) is 1.76. The fourth-order valence-electron chi connectivity index (χ4n) is 2.41. The largest absolute Gasteiger partial charge is 0.462 e. The third kappa shape index (κ3) is 5.23. The maximum atomic E-state index is 12.2. The van der Waals surface area contributed by atoms with E-state index in [2.05, 4.69) is 15.6 Å². The van der Waals surface area contributed by atoms with Crippen LogP contribution in [-0.2, 0) is 9.53 Å². The Kier molecular flexibility index (Phi) is 6.68. The third-order valence-electron chi connectivity index (χ3n) is 3.73. The van der Waals surface area contributed by atoms with Gasteiger partial charge in [-0.3, -0.25) is 9.59 Å². The number of thiazole rings is 1. The van der Waals surface area contributed by atoms with Crippen LogP contribution in [0.4, 0.5) is 5.13 Å². The molecule has 0 spiro atoms. The van der Waals surface area contributed by atoms with E-state index in [1.54, 1.807) is 25.1 Å². The summed E-state index contributed by atoms with van der Waals surface area (Å²) in [6, 6.07) is 9.41. The molecule has 0 aliphatic heterocycles. The molecule has 29 heavy (non-hydrogen) atoms. The molecule has 3 aromatic rings. The highest BCUT2D eigenvalue weighted by Gasteiger charge is 2.14. The van der Waals surface area contributed by atoms with Gasteiger partial charge in [-0.1, -0.05) is 34.5 Å². The molecule has 150 valence electrons. The van der Waals surface area contributed by atoms with Crippen LogP contribution in [0.25, 0.3) is 10.2 Å². The Morgan fingerprint density at radius 1 is 1.14 bits per heavy atom. The van der Waals surface area contributed by atoms with Crippen molar-refractivity contribution in [3.8, 4) is 0 Å². The number of nitrogens with zero attached hydrogens (tertiary/aromatic N) is 1. The van der Waals surface area contributed by atoms with Crippen molar-refractivity contribution in [2.75, 3.05) is 18.5 Å². The number of carbonyl (C=O) groups excluding carboxylic acids is 3. The summed E-state index contributed by atoms with van der Waals surface area (Å²) in [5.74, 6) is -1.37. The summed E-state index contributed by atoms with van der Waals surface area (Å²) in [7, 11) is 0. The molecule has 0 fully saturated rings. The van der Waals surface area contributed by atoms with Crippen LogP contribution in [0.3, 0.4) is 0 Å². The van der Waals surface area contributed by atoms with Gasteiger partial charge in [0.15, 0.2) is 5.13 Å². The fourth-order valence-corrected chi connectivity index (χ4v) is 3.83. The van der Waals surface area contributed by atoms with Gasteiger partial charge in [-0.05, 0) is 43.3 Å². The Labute approximate surface area is 180 Å². The van der Waals surface area contributed by atoms with Crippen molar-refractivity contribution in [2.24, 2.45) is 0 Å². The highest BCUT2D eigenvalue weighted by Crippen LogP contribution is 2.27. The van der Waals surface area contributed by atoms with E-state index in [1.165, 1.54) is 29.5 Å². The minimum atomic E-state index is -0.495. The lowest BCUT2D eigenvalue weighted by atomic mass is 10.2. The average molecular weight is 452 g/mol. The molecule has 0 saturated carbocycles. The number of rotatable bonds is 6. The molecule has 1 aromatic heterocycles. The molecule has 3 rings (SSSR count). The van der Waals surface area contributed by atoms with Gasteiger partial charge in [-0.2, -0.15) is 0 Å². The van der Waals surface area contributed by atoms with Gasteiger partial charge in [0.1, 0.15) is 0 Å². The van der Waals surface area contributed by atoms with E-state index in [-0.39, 0.29) is 23.7 Å². The minimum absolute atomic E-state index is 0.194. The molecule has 0 unspecified atom stereocenters. The zero-order chi connectivity index (χ0) is 21.0. The number of hydrogen-bond acceptors (Lipinski definition) is 6. The Hall–Kier alpha value is -2.68. The highest BCUT2D eigenvalue weighted by molar-refractivity contribution is 7.22. The van der Waals surface area contributed by atoms with Crippen LogP contribution < -0.4 is 10.6 Å². The number of esters is 1. The van der Waals surface area contributed by atoms with Gasteiger partial charge in [-0.25, -0.2) is 9.78 Å². The monoisotopic (exact) mass is 451 g/mol. The van der Waals surface area contributed by atoms with Crippen LogP contribution in [0.1, 0.15) is 27.6 Å². The van der Waals surface area contributed by atoms with Crippen molar-refractivity contribution in [3.63, 3.8) is 0 Å². The summed E-state index contributed by atoms with van der Waals surface area (Å²) in [5.41, 5.74) is 1.26. The Morgan fingerprint density at radius 3 is 2.66 bits per heavy atom. The van der Waals surface area contributed by atoms with E-state index in [9.17, 15) is 14.4 Å². The first kappa shape index (κ1) is 21.0. The van der Waals surface area contributed by atoms with Crippen LogP contribution in [0, 0.1) is 0 Å². The number of ether oxygens (including phenoxy) is 1. The molecule has 10 heteroatoms. The van der Waals surface area contributed by atoms with E-state index >= 15 is 0 Å². The summed E-state index contributed by atoms with van der Waals surface area (Å²) in [6.07, 6.45) is 0. The van der Waals surface area contributed by atoms with Crippen LogP contribution in [-0.4, -0.2) is 35.9 Å². The van der Waals surface area contributed by atoms with Crippen LogP contribution >= 0.6 is 34.5 Å². The van der Waals surface area contributed by atoms with Crippen molar-refractivity contribution in [3.05, 3.63) is 57.6 Å². The second-order valence-corrected chi connectivity index (χ2v) is 7.65. The number of amides is 2. The van der Waals surface area contributed by atoms with E-state index in [1.807, 2.05) is 0 Å². The summed E-state index contributed by atoms with van der Waals surface area (Å²) in [5, 5.41) is 6.06. The molecular weight excluding hydrogens is 437 g/mol. The van der Waals surface area contributed by atoms with Crippen molar-refractivity contribution >= 4 is 67.7 Å². The number of nitrogens with one attached hydrogen (secondary N) is 2. The Morgan fingerprint density at radius 2 is 1.93 bits per heavy atom. The van der Waals surface area contributed by atoms with Crippen molar-refractivity contribution in [1.82, 2.24) is 10.3 Å². The SMILES string of the molecule is CCOC(=O)c1ccc2nc(NC(=O)CNC(=O)c3ccc(Cl)cc3Cl)sc2c1. The van der Waals surface area contributed by atoms with E-state index in [4.69, 9.17) is 27.9 Å². The highest BCUT2D eigenvalue weighted by atomic mass is 35.5. The topological polar surface area (TPSA) is 97.4 Å². The van der Waals surface area contributed by atoms with Gasteiger partial charge in [0.25, 0.3) is 5.91 Å². The van der Waals surface area contributed by atoms with Gasteiger partial charge in [0, 0.05) is 5.02 Å². The van der Waals surface area contributed by atoms with Gasteiger partial charge >= 0.3 is 5.97 Å². The number of benzene rings is 2. The smallest absolute Gasteiger partial charge is 0.338 e. The number of hydrogen-bond donors (Lipinski definition) is 2. The quantitative estimate of drug-likeness (QED) is 0.548. The average Bonchev–Trinajstić information content (AvgIpc) is 3.07. The standard InChI is InChI=1S/C19H15Cl2N3O4S/c1-2-28-18(27)10-3-6-14-15(7-10)29-19(23-14)24-16(25)9-22-17(26)12-5-4-11(20)8-13(12)21/h3-8H,2,9H2,1H3,(H,22,26)(H,23,24,25). The maximum absolute atomic E-state index is 12.2. The number of anilines is 1. The van der Waals surface area contributed by atoms with Crippen molar-refractivity contribution in [1.29, 1.82) is 0 Å². The first-order chi connectivity index (χ1) is 13.9. The van der Waals surface area contributed by atoms with Gasteiger partial charge in [0.05, 0.1) is 39.5 Å². The summed E-state index contributed by atoms with van der Waals surface area (Å²) < 4.78 is 5.70. The second-order valence-electron chi connectivity index (χ2n) is 5.78. The van der Waals surface area contributed by atoms with Crippen molar-refractivity contribution < 1.29 is 19.1 Å². The van der Waals surface area contributed by atoms with E-state index in [0.717, 1.165) is 4.70 Å². The van der Waals surface area contributed by atoms with Crippen LogP contribution in [0.5, 0.6) is 0 Å². The Balaban J connectivity index is 1.62. The minimum Gasteiger partial charge on any atom is -0.462 e. The Bertz CT molecular complexity index is 1100. The lowest BCUT2D eigenvalue weighted by Gasteiger charge is -2.06. The molecule has 0 aliphatic carbocycles. The fraction of sp³-hybridized carbons (Fsp3) is 0.158. The lowest BCUT2D eigenvalue weighted by Crippen LogP contribution is -2.32. The van der Waals surface area contributed by atoms with Gasteiger partial charge < -0.3 is 15.4 Å². The van der Waals surface area contributed by atoms with Gasteiger partial charge in [0.2, 0.25) is 5.91 Å². The molecule has 7 nitrogen and oxygen atoms in total. The lowest BCUT2D eigenvalue weighted by molar-refractivity contribution is -0.115. The molecule has 0 aliphatic rings. The second kappa shape index (κ2) is 9.21. The number of fused-ring (bicyclic) bond motifs is 1. The molecule has 2 amide bonds. The normalized spacial score (nSPS) is 10.6. The molecule has 0 radical (unpaired) electrons. The van der Waals surface area contributed by atoms with E-state index < -0.39 is 17.8 Å². The van der Waals surface area contributed by atoms with Gasteiger partial charge in [-0.15, -0.1) is 0 Å².